The summed E-state index contributed by atoms with van der Waals surface area (Å²) >= 11 is 0. The van der Waals surface area contributed by atoms with Gasteiger partial charge in [-0.25, -0.2) is 0 Å². The second-order valence-electron chi connectivity index (χ2n) is 7.31. The Bertz CT molecular complexity index is 957. The van der Waals surface area contributed by atoms with Gasteiger partial charge in [0.2, 0.25) is 0 Å². The van der Waals surface area contributed by atoms with Gasteiger partial charge in [0.15, 0.2) is 0 Å². The van der Waals surface area contributed by atoms with Crippen molar-refractivity contribution in [2.45, 2.75) is 27.2 Å². The second kappa shape index (κ2) is 4.66. The largest absolute Gasteiger partial charge is 0.480 e. The maximum absolute atomic E-state index is 13.0. The van der Waals surface area contributed by atoms with E-state index in [1.54, 1.807) is 0 Å². The number of hydrogen-bond acceptors (Lipinski definition) is 3. The number of carboxylic acid groups (broad SMARTS) is 1. The molecule has 1 aromatic carbocycles. The number of aliphatic carboxylic acids is 1. The number of rotatable bonds is 2. The van der Waals surface area contributed by atoms with Crippen LogP contribution in [0.4, 0.5) is 0 Å². The molecule has 24 heavy (non-hydrogen) atoms. The average Bonchev–Trinajstić information content (AvgIpc) is 2.73. The fourth-order valence-electron chi connectivity index (χ4n) is 3.73. The van der Waals surface area contributed by atoms with Crippen LogP contribution in [0.2, 0.25) is 0 Å². The number of allylic oxidation sites excluding steroid dienone is 1. The molecule has 0 fully saturated rings. The van der Waals surface area contributed by atoms with Crippen LogP contribution >= 0.6 is 0 Å². The van der Waals surface area contributed by atoms with Gasteiger partial charge in [0, 0.05) is 10.9 Å². The number of aromatic nitrogens is 1. The van der Waals surface area contributed by atoms with Gasteiger partial charge in [-0.15, -0.1) is 0 Å². The van der Waals surface area contributed by atoms with Crippen molar-refractivity contribution in [1.29, 1.82) is 0 Å². The van der Waals surface area contributed by atoms with E-state index in [1.807, 2.05) is 31.2 Å². The SMILES string of the molecule is Cc1ccc2nc3c4c(c2c1)C(=O)N(CC(=O)O)C4=CC(C)(C)C3. The zero-order valence-corrected chi connectivity index (χ0v) is 13.9. The highest BCUT2D eigenvalue weighted by Crippen LogP contribution is 2.45. The Morgan fingerprint density at radius 2 is 2.08 bits per heavy atom. The minimum Gasteiger partial charge on any atom is -0.480 e. The van der Waals surface area contributed by atoms with Gasteiger partial charge < -0.3 is 5.11 Å². The lowest BCUT2D eigenvalue weighted by Crippen LogP contribution is -2.31. The van der Waals surface area contributed by atoms with Gasteiger partial charge in [0.1, 0.15) is 6.54 Å². The van der Waals surface area contributed by atoms with E-state index in [0.717, 1.165) is 34.1 Å². The van der Waals surface area contributed by atoms with E-state index in [2.05, 4.69) is 13.8 Å². The van der Waals surface area contributed by atoms with Crippen molar-refractivity contribution in [1.82, 2.24) is 9.88 Å². The summed E-state index contributed by atoms with van der Waals surface area (Å²) in [6.45, 7) is 5.79. The van der Waals surface area contributed by atoms with Crippen LogP contribution in [0.3, 0.4) is 0 Å². The van der Waals surface area contributed by atoms with Gasteiger partial charge in [-0.05, 0) is 30.9 Å². The van der Waals surface area contributed by atoms with Gasteiger partial charge in [0.05, 0.1) is 22.5 Å². The van der Waals surface area contributed by atoms with Crippen LogP contribution in [-0.2, 0) is 11.2 Å². The number of carboxylic acids is 1. The minimum atomic E-state index is -1.02. The van der Waals surface area contributed by atoms with Crippen LogP contribution in [0.1, 0.15) is 41.0 Å². The molecule has 0 spiro atoms. The first-order valence-corrected chi connectivity index (χ1v) is 7.97. The number of carbonyl (C=O) groups is 2. The number of carbonyl (C=O) groups excluding carboxylic acids is 1. The van der Waals surface area contributed by atoms with Crippen molar-refractivity contribution < 1.29 is 14.7 Å². The topological polar surface area (TPSA) is 70.5 Å². The number of benzene rings is 1. The Labute approximate surface area is 139 Å². The highest BCUT2D eigenvalue weighted by atomic mass is 16.4. The normalized spacial score (nSPS) is 17.9. The Kier molecular flexibility index (Phi) is 2.89. The minimum absolute atomic E-state index is 0.174. The number of aryl methyl sites for hydroxylation is 1. The molecule has 1 amide bonds. The van der Waals surface area contributed by atoms with E-state index < -0.39 is 5.97 Å². The van der Waals surface area contributed by atoms with Crippen molar-refractivity contribution in [2.24, 2.45) is 5.41 Å². The molecule has 2 heterocycles. The first-order chi connectivity index (χ1) is 11.3. The highest BCUT2D eigenvalue weighted by Gasteiger charge is 2.41. The molecule has 1 N–H and O–H groups in total. The highest BCUT2D eigenvalue weighted by molar-refractivity contribution is 6.18. The smallest absolute Gasteiger partial charge is 0.323 e. The van der Waals surface area contributed by atoms with E-state index in [0.29, 0.717) is 11.3 Å². The molecule has 2 aromatic rings. The van der Waals surface area contributed by atoms with E-state index in [9.17, 15) is 14.7 Å². The van der Waals surface area contributed by atoms with E-state index in [-0.39, 0.29) is 17.9 Å². The van der Waals surface area contributed by atoms with Crippen molar-refractivity contribution in [3.05, 3.63) is 46.7 Å². The van der Waals surface area contributed by atoms with Crippen LogP contribution in [0.5, 0.6) is 0 Å². The molecular weight excluding hydrogens is 304 g/mol. The fourth-order valence-corrected chi connectivity index (χ4v) is 3.73. The quantitative estimate of drug-likeness (QED) is 0.922. The molecule has 0 bridgehead atoms. The predicted molar refractivity (Wildman–Crippen MR) is 90.6 cm³/mol. The third kappa shape index (κ3) is 2.04. The standard InChI is InChI=1S/C19H18N2O3/c1-10-4-5-12-11(6-10)16-17-13(20-12)7-19(2,3)8-14(17)21(18(16)24)9-15(22)23/h4-6,8H,7,9H2,1-3H3,(H,22,23). The first-order valence-electron chi connectivity index (χ1n) is 7.97. The number of hydrogen-bond donors (Lipinski definition) is 1. The van der Waals surface area contributed by atoms with Crippen molar-refractivity contribution in [2.75, 3.05) is 6.54 Å². The van der Waals surface area contributed by atoms with E-state index in [4.69, 9.17) is 4.98 Å². The summed E-state index contributed by atoms with van der Waals surface area (Å²) in [7, 11) is 0. The summed E-state index contributed by atoms with van der Waals surface area (Å²) in [4.78, 5) is 30.4. The zero-order chi connectivity index (χ0) is 17.2. The molecule has 2 aliphatic rings. The summed E-state index contributed by atoms with van der Waals surface area (Å²) in [6.07, 6.45) is 2.74. The van der Waals surface area contributed by atoms with Crippen LogP contribution in [0.25, 0.3) is 16.6 Å². The Morgan fingerprint density at radius 1 is 1.33 bits per heavy atom. The third-order valence-electron chi connectivity index (χ3n) is 4.67. The summed E-state index contributed by atoms with van der Waals surface area (Å²) < 4.78 is 0. The molecule has 1 aromatic heterocycles. The molecule has 5 heteroatoms. The van der Waals surface area contributed by atoms with Gasteiger partial charge in [0.25, 0.3) is 5.91 Å². The first kappa shape index (κ1) is 14.9. The summed E-state index contributed by atoms with van der Waals surface area (Å²) in [6, 6.07) is 5.87. The molecule has 5 nitrogen and oxygen atoms in total. The predicted octanol–water partition coefficient (Wildman–Crippen LogP) is 3.01. The number of amides is 1. The van der Waals surface area contributed by atoms with E-state index >= 15 is 0 Å². The lowest BCUT2D eigenvalue weighted by atomic mass is 9.79. The van der Waals surface area contributed by atoms with Gasteiger partial charge >= 0.3 is 5.97 Å². The molecule has 1 aliphatic heterocycles. The Balaban J connectivity index is 2.07. The van der Waals surface area contributed by atoms with Crippen molar-refractivity contribution in [3.8, 4) is 0 Å². The molecule has 0 saturated heterocycles. The molecule has 0 saturated carbocycles. The monoisotopic (exact) mass is 322 g/mol. The zero-order valence-electron chi connectivity index (χ0n) is 13.9. The molecule has 1 aliphatic carbocycles. The van der Waals surface area contributed by atoms with Gasteiger partial charge in [-0.3, -0.25) is 19.5 Å². The number of fused-ring (bicyclic) bond motifs is 2. The van der Waals surface area contributed by atoms with Crippen LogP contribution < -0.4 is 0 Å². The number of nitrogens with zero attached hydrogens (tertiary/aromatic N) is 2. The maximum Gasteiger partial charge on any atom is 0.323 e. The van der Waals surface area contributed by atoms with Gasteiger partial charge in [-0.1, -0.05) is 31.6 Å². The summed E-state index contributed by atoms with van der Waals surface area (Å²) in [5.74, 6) is -1.26. The van der Waals surface area contributed by atoms with Crippen LogP contribution in [-0.4, -0.2) is 33.4 Å². The van der Waals surface area contributed by atoms with Crippen molar-refractivity contribution >= 4 is 28.5 Å². The Hall–Kier alpha value is -2.69. The Morgan fingerprint density at radius 3 is 2.79 bits per heavy atom. The summed E-state index contributed by atoms with van der Waals surface area (Å²) in [5, 5.41) is 10.0. The van der Waals surface area contributed by atoms with Crippen LogP contribution in [0, 0.1) is 12.3 Å². The molecule has 0 atom stereocenters. The maximum atomic E-state index is 13.0. The summed E-state index contributed by atoms with van der Waals surface area (Å²) in [5.41, 5.74) is 4.65. The third-order valence-corrected chi connectivity index (χ3v) is 4.67. The van der Waals surface area contributed by atoms with E-state index in [1.165, 1.54) is 4.90 Å². The molecule has 4 rings (SSSR count). The van der Waals surface area contributed by atoms with Gasteiger partial charge in [-0.2, -0.15) is 0 Å². The number of pyridine rings is 1. The lowest BCUT2D eigenvalue weighted by Gasteiger charge is -2.29. The average molecular weight is 322 g/mol. The molecule has 0 radical (unpaired) electrons. The second-order valence-corrected chi connectivity index (χ2v) is 7.31. The molecular formula is C19H18N2O3. The molecule has 0 unspecified atom stereocenters. The lowest BCUT2D eigenvalue weighted by molar-refractivity contribution is -0.137. The molecule has 122 valence electrons. The fraction of sp³-hybridized carbons (Fsp3) is 0.316. The van der Waals surface area contributed by atoms with Crippen LogP contribution in [0.15, 0.2) is 24.3 Å². The van der Waals surface area contributed by atoms with Crippen molar-refractivity contribution in [3.63, 3.8) is 0 Å².